The maximum atomic E-state index is 12.0. The summed E-state index contributed by atoms with van der Waals surface area (Å²) >= 11 is 11.8. The third-order valence-electron chi connectivity index (χ3n) is 2.91. The molecule has 0 saturated carbocycles. The van der Waals surface area contributed by atoms with Crippen molar-refractivity contribution in [2.24, 2.45) is 0 Å². The zero-order valence-corrected chi connectivity index (χ0v) is 13.8. The molecule has 0 atom stereocenters. The Morgan fingerprint density at radius 1 is 1.18 bits per heavy atom. The summed E-state index contributed by atoms with van der Waals surface area (Å²) in [5, 5.41) is 3.70. The predicted molar refractivity (Wildman–Crippen MR) is 91.4 cm³/mol. The lowest BCUT2D eigenvalue weighted by atomic mass is 10.2. The number of anilines is 2. The number of amides is 1. The highest BCUT2D eigenvalue weighted by atomic mass is 35.5. The van der Waals surface area contributed by atoms with Crippen LogP contribution in [-0.2, 0) is 4.79 Å². The highest BCUT2D eigenvalue weighted by molar-refractivity contribution is 6.35. The molecule has 0 fully saturated rings. The Morgan fingerprint density at radius 2 is 1.91 bits per heavy atom. The highest BCUT2D eigenvalue weighted by Crippen LogP contribution is 2.27. The zero-order chi connectivity index (χ0) is 16.1. The molecule has 0 aliphatic rings. The fourth-order valence-electron chi connectivity index (χ4n) is 1.89. The van der Waals surface area contributed by atoms with Crippen LogP contribution in [0.3, 0.4) is 0 Å². The van der Waals surface area contributed by atoms with Crippen LogP contribution >= 0.6 is 23.2 Å². The molecule has 2 aromatic rings. The Hall–Kier alpha value is -1.91. The van der Waals surface area contributed by atoms with Gasteiger partial charge in [-0.1, -0.05) is 35.3 Å². The number of nitrogens with one attached hydrogen (secondary N) is 1. The quantitative estimate of drug-likeness (QED) is 0.893. The molecule has 0 saturated heterocycles. The monoisotopic (exact) mass is 338 g/mol. The van der Waals surface area contributed by atoms with Crippen LogP contribution < -0.4 is 15.0 Å². The normalized spacial score (nSPS) is 10.2. The molecule has 0 aliphatic heterocycles. The Bertz CT molecular complexity index is 675. The number of rotatable bonds is 5. The molecule has 2 aromatic carbocycles. The molecule has 0 unspecified atom stereocenters. The average Bonchev–Trinajstić information content (AvgIpc) is 2.46. The van der Waals surface area contributed by atoms with Crippen LogP contribution in [0.5, 0.6) is 5.75 Å². The highest BCUT2D eigenvalue weighted by Gasteiger charge is 2.10. The van der Waals surface area contributed by atoms with Gasteiger partial charge in [-0.3, -0.25) is 4.79 Å². The number of nitrogens with zero attached hydrogens (tertiary/aromatic N) is 1. The van der Waals surface area contributed by atoms with Gasteiger partial charge in [-0.2, -0.15) is 0 Å². The molecule has 1 N–H and O–H groups in total. The number of hydrogen-bond donors (Lipinski definition) is 1. The van der Waals surface area contributed by atoms with Crippen LogP contribution in [-0.4, -0.2) is 26.6 Å². The van der Waals surface area contributed by atoms with Crippen LogP contribution in [0, 0.1) is 0 Å². The number of hydrogen-bond acceptors (Lipinski definition) is 3. The number of halogens is 2. The molecule has 0 radical (unpaired) electrons. The van der Waals surface area contributed by atoms with Gasteiger partial charge in [-0.25, -0.2) is 0 Å². The number of ether oxygens (including phenoxy) is 1. The standard InChI is InChI=1S/C16H16Cl2N2O2/c1-20(2)14-6-4-3-5-13(14)19-16(21)10-22-15-8-7-11(17)9-12(15)18/h3-9H,10H2,1-2H3,(H,19,21). The summed E-state index contributed by atoms with van der Waals surface area (Å²) in [6.07, 6.45) is 0. The molecule has 6 heteroatoms. The summed E-state index contributed by atoms with van der Waals surface area (Å²) in [6.45, 7) is -0.136. The van der Waals surface area contributed by atoms with Crippen molar-refractivity contribution < 1.29 is 9.53 Å². The molecule has 0 spiro atoms. The summed E-state index contributed by atoms with van der Waals surface area (Å²) in [5.41, 5.74) is 1.64. The second-order valence-corrected chi connectivity index (χ2v) is 5.67. The molecular formula is C16H16Cl2N2O2. The van der Waals surface area contributed by atoms with Crippen molar-refractivity contribution in [1.29, 1.82) is 0 Å². The van der Waals surface area contributed by atoms with Gasteiger partial charge in [0.1, 0.15) is 5.75 Å². The first-order chi connectivity index (χ1) is 10.5. The van der Waals surface area contributed by atoms with E-state index in [1.807, 2.05) is 43.3 Å². The SMILES string of the molecule is CN(C)c1ccccc1NC(=O)COc1ccc(Cl)cc1Cl. The minimum Gasteiger partial charge on any atom is -0.482 e. The molecule has 116 valence electrons. The van der Waals surface area contributed by atoms with Crippen molar-refractivity contribution in [3.8, 4) is 5.75 Å². The van der Waals surface area contributed by atoms with Gasteiger partial charge < -0.3 is 15.0 Å². The van der Waals surface area contributed by atoms with Crippen molar-refractivity contribution in [3.63, 3.8) is 0 Å². The second-order valence-electron chi connectivity index (χ2n) is 4.82. The Labute approximate surface area is 139 Å². The largest absolute Gasteiger partial charge is 0.482 e. The Kier molecular flexibility index (Phi) is 5.52. The molecule has 2 rings (SSSR count). The van der Waals surface area contributed by atoms with Gasteiger partial charge in [-0.05, 0) is 30.3 Å². The minimum absolute atomic E-state index is 0.136. The van der Waals surface area contributed by atoms with Crippen molar-refractivity contribution in [1.82, 2.24) is 0 Å². The third-order valence-corrected chi connectivity index (χ3v) is 3.44. The van der Waals surface area contributed by atoms with E-state index < -0.39 is 0 Å². The first-order valence-corrected chi connectivity index (χ1v) is 7.37. The van der Waals surface area contributed by atoms with Crippen LogP contribution in [0.15, 0.2) is 42.5 Å². The summed E-state index contributed by atoms with van der Waals surface area (Å²) in [6, 6.07) is 12.4. The van der Waals surface area contributed by atoms with Gasteiger partial charge in [-0.15, -0.1) is 0 Å². The number of para-hydroxylation sites is 2. The van der Waals surface area contributed by atoms with Crippen molar-refractivity contribution in [2.45, 2.75) is 0 Å². The van der Waals surface area contributed by atoms with Crippen LogP contribution in [0.25, 0.3) is 0 Å². The van der Waals surface area contributed by atoms with Crippen LogP contribution in [0.2, 0.25) is 10.0 Å². The van der Waals surface area contributed by atoms with Gasteiger partial charge >= 0.3 is 0 Å². The lowest BCUT2D eigenvalue weighted by Gasteiger charge is -2.17. The molecule has 1 amide bonds. The smallest absolute Gasteiger partial charge is 0.262 e. The van der Waals surface area contributed by atoms with Gasteiger partial charge in [0.05, 0.1) is 16.4 Å². The van der Waals surface area contributed by atoms with Crippen LogP contribution in [0.4, 0.5) is 11.4 Å². The molecule has 0 bridgehead atoms. The summed E-state index contributed by atoms with van der Waals surface area (Å²) in [5.74, 6) is 0.155. The minimum atomic E-state index is -0.264. The molecule has 22 heavy (non-hydrogen) atoms. The Balaban J connectivity index is 1.99. The summed E-state index contributed by atoms with van der Waals surface area (Å²) in [4.78, 5) is 13.9. The lowest BCUT2D eigenvalue weighted by molar-refractivity contribution is -0.118. The summed E-state index contributed by atoms with van der Waals surface area (Å²) < 4.78 is 5.41. The first-order valence-electron chi connectivity index (χ1n) is 6.61. The lowest BCUT2D eigenvalue weighted by Crippen LogP contribution is -2.22. The van der Waals surface area contributed by atoms with Gasteiger partial charge in [0.25, 0.3) is 5.91 Å². The number of carbonyl (C=O) groups excluding carboxylic acids is 1. The third kappa shape index (κ3) is 4.29. The van der Waals surface area contributed by atoms with E-state index in [1.165, 1.54) is 0 Å². The van der Waals surface area contributed by atoms with E-state index in [0.717, 1.165) is 11.4 Å². The van der Waals surface area contributed by atoms with E-state index in [1.54, 1.807) is 18.2 Å². The molecule has 0 heterocycles. The zero-order valence-electron chi connectivity index (χ0n) is 12.3. The fourth-order valence-corrected chi connectivity index (χ4v) is 2.35. The van der Waals surface area contributed by atoms with Gasteiger partial charge in [0.15, 0.2) is 6.61 Å². The van der Waals surface area contributed by atoms with E-state index in [2.05, 4.69) is 5.32 Å². The fraction of sp³-hybridized carbons (Fsp3) is 0.188. The average molecular weight is 339 g/mol. The molecule has 0 aliphatic carbocycles. The number of carbonyl (C=O) groups is 1. The maximum absolute atomic E-state index is 12.0. The van der Waals surface area contributed by atoms with E-state index in [4.69, 9.17) is 27.9 Å². The van der Waals surface area contributed by atoms with E-state index in [-0.39, 0.29) is 12.5 Å². The van der Waals surface area contributed by atoms with Crippen molar-refractivity contribution in [2.75, 3.05) is 30.9 Å². The van der Waals surface area contributed by atoms with E-state index >= 15 is 0 Å². The van der Waals surface area contributed by atoms with Crippen LogP contribution in [0.1, 0.15) is 0 Å². The number of benzene rings is 2. The predicted octanol–water partition coefficient (Wildman–Crippen LogP) is 4.08. The molecule has 0 aromatic heterocycles. The van der Waals surface area contributed by atoms with E-state index in [0.29, 0.717) is 15.8 Å². The topological polar surface area (TPSA) is 41.6 Å². The first kappa shape index (κ1) is 16.5. The van der Waals surface area contributed by atoms with E-state index in [9.17, 15) is 4.79 Å². The molecular weight excluding hydrogens is 323 g/mol. The second kappa shape index (κ2) is 7.38. The summed E-state index contributed by atoms with van der Waals surface area (Å²) in [7, 11) is 3.82. The van der Waals surface area contributed by atoms with Crippen molar-refractivity contribution in [3.05, 3.63) is 52.5 Å². The van der Waals surface area contributed by atoms with Crippen molar-refractivity contribution >= 4 is 40.5 Å². The van der Waals surface area contributed by atoms with Gasteiger partial charge in [0, 0.05) is 19.1 Å². The maximum Gasteiger partial charge on any atom is 0.262 e. The molecule has 4 nitrogen and oxygen atoms in total. The Morgan fingerprint density at radius 3 is 2.59 bits per heavy atom. The van der Waals surface area contributed by atoms with Gasteiger partial charge in [0.2, 0.25) is 0 Å².